The second-order valence-electron chi connectivity index (χ2n) is 10.9. The summed E-state index contributed by atoms with van der Waals surface area (Å²) in [6.07, 6.45) is 6.69. The lowest BCUT2D eigenvalue weighted by atomic mass is 9.65. The molecule has 2 amide bonds. The SMILES string of the molecule is CCCCc1cn(C(C)(C)C)sc1=NC(=O)C1(C)CCC(C(=O)NC(C)C)C1(C)C. The zero-order chi connectivity index (χ0) is 22.9. The van der Waals surface area contributed by atoms with Crippen LogP contribution in [-0.4, -0.2) is 21.8 Å². The van der Waals surface area contributed by atoms with Crippen molar-refractivity contribution < 1.29 is 9.59 Å². The normalized spacial score (nSPS) is 24.5. The van der Waals surface area contributed by atoms with Crippen LogP contribution in [0.25, 0.3) is 0 Å². The van der Waals surface area contributed by atoms with Gasteiger partial charge in [-0.3, -0.25) is 13.5 Å². The lowest BCUT2D eigenvalue weighted by Crippen LogP contribution is -2.46. The summed E-state index contributed by atoms with van der Waals surface area (Å²) in [6, 6.07) is 0.0978. The third-order valence-electron chi connectivity index (χ3n) is 6.84. The highest BCUT2D eigenvalue weighted by atomic mass is 32.1. The van der Waals surface area contributed by atoms with Gasteiger partial charge in [-0.15, -0.1) is 0 Å². The fourth-order valence-electron chi connectivity index (χ4n) is 4.28. The molecule has 1 N–H and O–H groups in total. The Morgan fingerprint density at radius 1 is 1.30 bits per heavy atom. The lowest BCUT2D eigenvalue weighted by molar-refractivity contribution is -0.136. The van der Waals surface area contributed by atoms with Crippen LogP contribution in [0.15, 0.2) is 11.2 Å². The van der Waals surface area contributed by atoms with Crippen molar-refractivity contribution in [3.63, 3.8) is 0 Å². The van der Waals surface area contributed by atoms with Crippen LogP contribution in [0.5, 0.6) is 0 Å². The van der Waals surface area contributed by atoms with Crippen molar-refractivity contribution in [1.29, 1.82) is 0 Å². The van der Waals surface area contributed by atoms with Crippen molar-refractivity contribution >= 4 is 23.3 Å². The van der Waals surface area contributed by atoms with Gasteiger partial charge in [0, 0.05) is 29.3 Å². The Morgan fingerprint density at radius 2 is 1.93 bits per heavy atom. The first-order valence-corrected chi connectivity index (χ1v) is 12.1. The summed E-state index contributed by atoms with van der Waals surface area (Å²) in [5.41, 5.74) is 0.00962. The van der Waals surface area contributed by atoms with Gasteiger partial charge in [-0.25, -0.2) is 4.99 Å². The zero-order valence-corrected chi connectivity index (χ0v) is 21.2. The van der Waals surface area contributed by atoms with Gasteiger partial charge in [0.05, 0.1) is 5.41 Å². The topological polar surface area (TPSA) is 63.5 Å². The number of unbranched alkanes of at least 4 members (excludes halogenated alkanes) is 1. The Labute approximate surface area is 186 Å². The number of hydrogen-bond acceptors (Lipinski definition) is 3. The van der Waals surface area contributed by atoms with E-state index in [1.807, 2.05) is 20.8 Å². The Kier molecular flexibility index (Phi) is 7.43. The summed E-state index contributed by atoms with van der Waals surface area (Å²) in [6.45, 7) is 18.7. The molecule has 1 aliphatic rings. The number of nitrogens with zero attached hydrogens (tertiary/aromatic N) is 2. The standard InChI is InChI=1S/C24H41N3O2S/c1-10-11-12-17-15-27(22(4,5)6)30-20(17)26-21(29)24(9)14-13-18(23(24,7)8)19(28)25-16(2)3/h15-16,18H,10-14H2,1-9H3,(H,25,28). The number of hydrogen-bond donors (Lipinski definition) is 1. The Bertz CT molecular complexity index is 841. The minimum atomic E-state index is -0.648. The third kappa shape index (κ3) is 4.90. The van der Waals surface area contributed by atoms with Gasteiger partial charge in [-0.2, -0.15) is 0 Å². The first-order chi connectivity index (χ1) is 13.7. The minimum Gasteiger partial charge on any atom is -0.354 e. The molecule has 1 heterocycles. The smallest absolute Gasteiger partial charge is 0.253 e. The first kappa shape index (κ1) is 24.8. The van der Waals surface area contributed by atoms with Crippen molar-refractivity contribution in [3.05, 3.63) is 16.4 Å². The molecule has 1 aromatic rings. The molecule has 5 nitrogen and oxygen atoms in total. The molecule has 2 unspecified atom stereocenters. The van der Waals surface area contributed by atoms with Crippen molar-refractivity contribution in [2.24, 2.45) is 21.7 Å². The summed E-state index contributed by atoms with van der Waals surface area (Å²) in [4.78, 5) is 31.0. The molecular formula is C24H41N3O2S. The van der Waals surface area contributed by atoms with Gasteiger partial charge in [0.1, 0.15) is 4.67 Å². The summed E-state index contributed by atoms with van der Waals surface area (Å²) >= 11 is 1.57. The molecule has 1 saturated carbocycles. The van der Waals surface area contributed by atoms with Crippen molar-refractivity contribution in [2.75, 3.05) is 0 Å². The van der Waals surface area contributed by atoms with E-state index in [0.29, 0.717) is 6.42 Å². The van der Waals surface area contributed by atoms with Crippen LogP contribution in [0.2, 0.25) is 0 Å². The van der Waals surface area contributed by atoms with Gasteiger partial charge < -0.3 is 5.32 Å². The van der Waals surface area contributed by atoms with Crippen LogP contribution >= 0.6 is 11.5 Å². The van der Waals surface area contributed by atoms with Crippen LogP contribution in [0.1, 0.15) is 93.6 Å². The van der Waals surface area contributed by atoms with E-state index < -0.39 is 10.8 Å². The second kappa shape index (κ2) is 8.97. The highest BCUT2D eigenvalue weighted by molar-refractivity contribution is 7.04. The summed E-state index contributed by atoms with van der Waals surface area (Å²) in [5, 5.41) is 3.04. The molecule has 0 aromatic carbocycles. The van der Waals surface area contributed by atoms with Gasteiger partial charge in [-0.05, 0) is 77.2 Å². The predicted octanol–water partition coefficient (Wildman–Crippen LogP) is 5.04. The fraction of sp³-hybridized carbons (Fsp3) is 0.792. The average Bonchev–Trinajstić information content (AvgIpc) is 3.11. The van der Waals surface area contributed by atoms with E-state index in [9.17, 15) is 9.59 Å². The molecular weight excluding hydrogens is 394 g/mol. The van der Waals surface area contributed by atoms with E-state index in [0.717, 1.165) is 35.9 Å². The monoisotopic (exact) mass is 435 g/mol. The minimum absolute atomic E-state index is 0.0426. The summed E-state index contributed by atoms with van der Waals surface area (Å²) < 4.78 is 3.03. The van der Waals surface area contributed by atoms with E-state index in [-0.39, 0.29) is 29.3 Å². The van der Waals surface area contributed by atoms with Crippen LogP contribution in [0, 0.1) is 16.7 Å². The molecule has 170 valence electrons. The molecule has 0 aliphatic heterocycles. The van der Waals surface area contributed by atoms with E-state index in [4.69, 9.17) is 0 Å². The quantitative estimate of drug-likeness (QED) is 0.680. The molecule has 6 heteroatoms. The zero-order valence-electron chi connectivity index (χ0n) is 20.4. The number of aryl methyl sites for hydroxylation is 1. The van der Waals surface area contributed by atoms with Crippen molar-refractivity contribution in [2.45, 2.75) is 106 Å². The second-order valence-corrected chi connectivity index (χ2v) is 11.8. The highest BCUT2D eigenvalue weighted by Crippen LogP contribution is 2.56. The molecule has 1 aliphatic carbocycles. The summed E-state index contributed by atoms with van der Waals surface area (Å²) in [5.74, 6) is -0.212. The van der Waals surface area contributed by atoms with Gasteiger partial charge in [0.25, 0.3) is 5.91 Å². The maximum absolute atomic E-state index is 13.5. The van der Waals surface area contributed by atoms with Crippen LogP contribution in [-0.2, 0) is 21.5 Å². The molecule has 2 rings (SSSR count). The molecule has 2 atom stereocenters. The molecule has 1 aromatic heterocycles. The maximum Gasteiger partial charge on any atom is 0.253 e. The number of aromatic nitrogens is 1. The van der Waals surface area contributed by atoms with Crippen LogP contribution < -0.4 is 9.99 Å². The number of rotatable bonds is 6. The number of amides is 2. The number of nitrogens with one attached hydrogen (secondary N) is 1. The maximum atomic E-state index is 13.5. The Morgan fingerprint density at radius 3 is 2.47 bits per heavy atom. The number of carbonyl (C=O) groups excluding carboxylic acids is 2. The number of carbonyl (C=O) groups is 2. The first-order valence-electron chi connectivity index (χ1n) is 11.4. The molecule has 30 heavy (non-hydrogen) atoms. The van der Waals surface area contributed by atoms with Gasteiger partial charge >= 0.3 is 0 Å². The van der Waals surface area contributed by atoms with Gasteiger partial charge in [0.2, 0.25) is 5.91 Å². The molecule has 0 bridgehead atoms. The van der Waals surface area contributed by atoms with Gasteiger partial charge in [-0.1, -0.05) is 34.1 Å². The lowest BCUT2D eigenvalue weighted by Gasteiger charge is -2.38. The Hall–Kier alpha value is -1.43. The van der Waals surface area contributed by atoms with E-state index in [1.165, 1.54) is 0 Å². The predicted molar refractivity (Wildman–Crippen MR) is 124 cm³/mol. The third-order valence-corrected chi connectivity index (χ3v) is 8.22. The largest absolute Gasteiger partial charge is 0.354 e. The highest BCUT2D eigenvalue weighted by Gasteiger charge is 2.58. The molecule has 0 spiro atoms. The summed E-state index contributed by atoms with van der Waals surface area (Å²) in [7, 11) is 0. The fourth-order valence-corrected chi connectivity index (χ4v) is 5.31. The Balaban J connectivity index is 2.41. The molecule has 1 fully saturated rings. The van der Waals surface area contributed by atoms with Crippen LogP contribution in [0.3, 0.4) is 0 Å². The molecule has 0 saturated heterocycles. The molecule has 0 radical (unpaired) electrons. The van der Waals surface area contributed by atoms with Crippen molar-refractivity contribution in [3.8, 4) is 0 Å². The van der Waals surface area contributed by atoms with E-state index >= 15 is 0 Å². The van der Waals surface area contributed by atoms with Crippen molar-refractivity contribution in [1.82, 2.24) is 9.27 Å². The average molecular weight is 436 g/mol. The van der Waals surface area contributed by atoms with Crippen LogP contribution in [0.4, 0.5) is 0 Å². The van der Waals surface area contributed by atoms with E-state index in [1.54, 1.807) is 11.5 Å². The van der Waals surface area contributed by atoms with Gasteiger partial charge in [0.15, 0.2) is 0 Å². The van der Waals surface area contributed by atoms with E-state index in [2.05, 4.69) is 62.0 Å².